The molecule has 10 rings (SSSR count). The number of anilines is 2. The van der Waals surface area contributed by atoms with Gasteiger partial charge in [0.2, 0.25) is 0 Å². The van der Waals surface area contributed by atoms with Crippen molar-refractivity contribution in [1.29, 1.82) is 0 Å². The number of carboxylic acids is 1. The van der Waals surface area contributed by atoms with Crippen molar-refractivity contribution in [2.45, 2.75) is 13.8 Å². The van der Waals surface area contributed by atoms with E-state index in [9.17, 15) is 33.6 Å². The van der Waals surface area contributed by atoms with Crippen LogP contribution in [-0.2, 0) is 4.74 Å². The summed E-state index contributed by atoms with van der Waals surface area (Å²) < 4.78 is 10.2. The third kappa shape index (κ3) is 7.53. The van der Waals surface area contributed by atoms with Crippen LogP contribution in [0.3, 0.4) is 0 Å². The topological polar surface area (TPSA) is 234 Å². The van der Waals surface area contributed by atoms with Crippen LogP contribution in [0.4, 0.5) is 11.4 Å². The first-order chi connectivity index (χ1) is 29.6. The maximum atomic E-state index is 12.5. The molecule has 1 aromatic heterocycles. The van der Waals surface area contributed by atoms with Gasteiger partial charge in [-0.05, 0) is 125 Å². The summed E-state index contributed by atoms with van der Waals surface area (Å²) in [5, 5.41) is 25.9. The second kappa shape index (κ2) is 16.5. The first kappa shape index (κ1) is 41.4. The average Bonchev–Trinajstić information content (AvgIpc) is 3.26. The summed E-state index contributed by atoms with van der Waals surface area (Å²) in [6, 6.07) is 30.4. The third-order valence-corrected chi connectivity index (χ3v) is 10.4. The zero-order valence-corrected chi connectivity index (χ0v) is 33.0. The van der Waals surface area contributed by atoms with Gasteiger partial charge in [0.25, 0.3) is 0 Å². The van der Waals surface area contributed by atoms with Crippen LogP contribution in [0.2, 0.25) is 0 Å². The number of nitrogens with two attached hydrogens (primary N) is 2. The van der Waals surface area contributed by atoms with Gasteiger partial charge in [-0.3, -0.25) is 14.4 Å². The van der Waals surface area contributed by atoms with Crippen LogP contribution in [-0.4, -0.2) is 46.5 Å². The lowest BCUT2D eigenvalue weighted by atomic mass is 9.85. The summed E-state index contributed by atoms with van der Waals surface area (Å²) in [7, 11) is 0. The van der Waals surface area contributed by atoms with E-state index < -0.39 is 23.5 Å². The number of rotatable bonds is 4. The van der Waals surface area contributed by atoms with E-state index in [4.69, 9.17) is 30.8 Å². The predicted molar refractivity (Wildman–Crippen MR) is 236 cm³/mol. The van der Waals surface area contributed by atoms with Crippen molar-refractivity contribution in [1.82, 2.24) is 0 Å². The summed E-state index contributed by atoms with van der Waals surface area (Å²) in [5.74, 6) is -2.47. The summed E-state index contributed by atoms with van der Waals surface area (Å²) in [5.41, 5.74) is 14.9. The second-order valence-corrected chi connectivity index (χ2v) is 14.2. The number of hydrogen-bond donors (Lipinski definition) is 4. The molecule has 0 amide bonds. The lowest BCUT2D eigenvalue weighted by Gasteiger charge is -2.20. The Labute approximate surface area is 350 Å². The Bertz CT molecular complexity index is 3210. The van der Waals surface area contributed by atoms with Crippen LogP contribution in [0.5, 0.6) is 5.75 Å². The number of fused-ring (bicyclic) bond motifs is 2. The van der Waals surface area contributed by atoms with Gasteiger partial charge in [0, 0.05) is 38.7 Å². The van der Waals surface area contributed by atoms with Gasteiger partial charge in [0.1, 0.15) is 17.5 Å². The van der Waals surface area contributed by atoms with E-state index in [1.54, 1.807) is 49.4 Å². The Hall–Kier alpha value is -8.71. The molecule has 0 fully saturated rings. The molecule has 2 heterocycles. The van der Waals surface area contributed by atoms with E-state index >= 15 is 0 Å². The van der Waals surface area contributed by atoms with Crippen LogP contribution >= 0.6 is 0 Å². The molecule has 13 nitrogen and oxygen atoms in total. The Morgan fingerprint density at radius 1 is 0.597 bits per heavy atom. The predicted octanol–water partition coefficient (Wildman–Crippen LogP) is 8.05. The molecule has 0 radical (unpaired) electrons. The van der Waals surface area contributed by atoms with Crippen molar-refractivity contribution in [2.75, 3.05) is 11.5 Å². The van der Waals surface area contributed by atoms with Gasteiger partial charge in [0.15, 0.2) is 12.1 Å². The number of esters is 2. The highest BCUT2D eigenvalue weighted by Crippen LogP contribution is 2.44. The maximum absolute atomic E-state index is 12.5. The molecule has 0 bridgehead atoms. The van der Waals surface area contributed by atoms with Crippen LogP contribution in [0.1, 0.15) is 74.6 Å². The molecule has 0 saturated carbocycles. The summed E-state index contributed by atoms with van der Waals surface area (Å²) in [6.45, 7) is 7.05. The Morgan fingerprint density at radius 3 is 1.52 bits per heavy atom. The first-order valence-corrected chi connectivity index (χ1v) is 18.7. The number of nitrogen functional groups attached to an aromatic ring is 2. The number of aldehydes is 2. The summed E-state index contributed by atoms with van der Waals surface area (Å²) >= 11 is 0. The number of Topliss-reactive ketones (excluding diaryl/α,β-unsaturated/α-hetero) is 1. The van der Waals surface area contributed by atoms with Gasteiger partial charge in [0.05, 0.1) is 27.6 Å². The van der Waals surface area contributed by atoms with Crippen LogP contribution < -0.4 is 22.5 Å². The number of hydrogen-bond acceptors (Lipinski definition) is 12. The van der Waals surface area contributed by atoms with Gasteiger partial charge in [-0.15, -0.1) is 0 Å². The Balaban J connectivity index is 0.000000149. The summed E-state index contributed by atoms with van der Waals surface area (Å²) in [4.78, 5) is 79.1. The van der Waals surface area contributed by atoms with Gasteiger partial charge in [-0.1, -0.05) is 43.0 Å². The van der Waals surface area contributed by atoms with Crippen molar-refractivity contribution in [3.63, 3.8) is 0 Å². The van der Waals surface area contributed by atoms with Crippen molar-refractivity contribution >= 4 is 108 Å². The lowest BCUT2D eigenvalue weighted by Crippen LogP contribution is -2.19. The number of phenols is 1. The van der Waals surface area contributed by atoms with Crippen molar-refractivity contribution in [2.24, 2.45) is 0 Å². The molecular formula is C49H34N2O11. The second-order valence-electron chi connectivity index (χ2n) is 14.2. The zero-order chi connectivity index (χ0) is 44.6. The molecule has 13 heteroatoms. The normalized spacial score (nSPS) is 11.6. The molecule has 1 aliphatic heterocycles. The minimum atomic E-state index is -0.981. The Kier molecular flexibility index (Phi) is 11.0. The molecule has 306 valence electrons. The molecule has 0 unspecified atom stereocenters. The molecule has 6 N–H and O–H groups in total. The number of ketones is 1. The van der Waals surface area contributed by atoms with E-state index in [1.165, 1.54) is 43.3 Å². The van der Waals surface area contributed by atoms with E-state index in [1.807, 2.05) is 30.3 Å². The van der Waals surface area contributed by atoms with Gasteiger partial charge >= 0.3 is 23.5 Å². The Morgan fingerprint density at radius 2 is 1.03 bits per heavy atom. The van der Waals surface area contributed by atoms with Gasteiger partial charge < -0.3 is 30.8 Å². The number of phenolic OH excluding ortho intramolecular Hbond substituents is 1. The number of aromatic carboxylic acids is 1. The molecule has 0 saturated heterocycles. The largest absolute Gasteiger partial charge is 0.507 e. The molecule has 1 aliphatic rings. The fourth-order valence-electron chi connectivity index (χ4n) is 7.35. The van der Waals surface area contributed by atoms with E-state index in [2.05, 4.69) is 6.58 Å². The maximum Gasteiger partial charge on any atom is 0.346 e. The minimum Gasteiger partial charge on any atom is -0.507 e. The van der Waals surface area contributed by atoms with Gasteiger partial charge in [-0.2, -0.15) is 0 Å². The molecule has 8 aromatic carbocycles. The number of ether oxygens (including phenoxy) is 1. The fraction of sp³-hybridized carbons (Fsp3) is 0.0408. The third-order valence-electron chi connectivity index (χ3n) is 10.4. The number of carboxylic acid groups (broad SMARTS) is 1. The van der Waals surface area contributed by atoms with Crippen molar-refractivity contribution < 1.29 is 48.1 Å². The van der Waals surface area contributed by atoms with Gasteiger partial charge in [-0.25, -0.2) is 19.2 Å². The van der Waals surface area contributed by atoms with Crippen LogP contribution in [0, 0.1) is 6.92 Å². The standard InChI is InChI=1S/C25H10O5.2C9H8O3.C6H8N2/c1-10-11-2-3-12-14-5-8-17-22-18(25(28)30-24(17)27)9-6-15(21(14)22)13-4-7-16(23(26)29-10)19(11)20(12)13;1-6-2-8(5-11)9(12)3-7(6)4-10;1-6(10)7-2-4-8(5-3-7)9(11)12;7-5-1-2-6(8)4-3-5/h2-9H,1H2;2-5,12H,1H3;2-5H,1H3,(H,11,12);1-4H,7-8H2. The number of carbonyl (C=O) groups excluding carboxylic acids is 5. The zero-order valence-electron chi connectivity index (χ0n) is 33.0. The number of aryl methyl sites for hydroxylation is 1. The number of aromatic hydroxyl groups is 1. The average molecular weight is 827 g/mol. The van der Waals surface area contributed by atoms with Crippen LogP contribution in [0.15, 0.2) is 118 Å². The highest BCUT2D eigenvalue weighted by atomic mass is 16.6. The summed E-state index contributed by atoms with van der Waals surface area (Å²) in [6.07, 6.45) is 1.19. The van der Waals surface area contributed by atoms with Crippen molar-refractivity contribution in [3.8, 4) is 5.75 Å². The number of benzene rings is 8. The molecular weight excluding hydrogens is 793 g/mol. The van der Waals surface area contributed by atoms with Crippen molar-refractivity contribution in [3.05, 3.63) is 164 Å². The molecule has 0 atom stereocenters. The van der Waals surface area contributed by atoms with E-state index in [0.717, 1.165) is 54.5 Å². The molecule has 0 aliphatic carbocycles. The molecule has 62 heavy (non-hydrogen) atoms. The highest BCUT2D eigenvalue weighted by molar-refractivity contribution is 6.39. The first-order valence-electron chi connectivity index (χ1n) is 18.7. The van der Waals surface area contributed by atoms with E-state index in [0.29, 0.717) is 56.6 Å². The number of cyclic esters (lactones) is 2. The molecule has 0 spiro atoms. The lowest BCUT2D eigenvalue weighted by molar-refractivity contribution is 0.0390. The monoisotopic (exact) mass is 826 g/mol. The highest BCUT2D eigenvalue weighted by Gasteiger charge is 2.30. The SMILES string of the molecule is C=c1oc(=O)c2ccc3c4ccc5c6c(ccc(c7ccc1c2c73)c64)C(=O)OC5=O.CC(=O)c1ccc(C(=O)O)cc1.Cc1cc(C=O)c(O)cc1C=O.Nc1ccc(N)cc1. The molecule has 9 aromatic rings. The quantitative estimate of drug-likeness (QED) is 0.0250. The van der Waals surface area contributed by atoms with E-state index in [-0.39, 0.29) is 22.7 Å². The fourth-order valence-corrected chi connectivity index (χ4v) is 7.35. The number of carbonyl (C=O) groups is 6. The van der Waals surface area contributed by atoms with Crippen LogP contribution in [0.25, 0.3) is 60.4 Å². The smallest absolute Gasteiger partial charge is 0.346 e. The minimum absolute atomic E-state index is 0.0630.